The number of rotatable bonds is 5. The second kappa shape index (κ2) is 7.00. The van der Waals surface area contributed by atoms with Crippen molar-refractivity contribution in [2.45, 2.75) is 6.42 Å². The highest BCUT2D eigenvalue weighted by Crippen LogP contribution is 2.37. The van der Waals surface area contributed by atoms with Gasteiger partial charge in [-0.3, -0.25) is 9.56 Å². The average molecular weight is 319 g/mol. The number of hydrogen-bond acceptors (Lipinski definition) is 4. The van der Waals surface area contributed by atoms with Gasteiger partial charge in [0, 0.05) is 5.69 Å². The van der Waals surface area contributed by atoms with Gasteiger partial charge in [-0.2, -0.15) is 5.26 Å². The Kier molecular flexibility index (Phi) is 5.07. The van der Waals surface area contributed by atoms with Crippen molar-refractivity contribution in [3.63, 3.8) is 0 Å². The van der Waals surface area contributed by atoms with Crippen LogP contribution >= 0.6 is 7.60 Å². The number of nitrogens with one attached hydrogen (secondary N) is 2. The van der Waals surface area contributed by atoms with Gasteiger partial charge < -0.3 is 20.1 Å². The molecule has 0 aliphatic heterocycles. The molecule has 0 spiro atoms. The minimum atomic E-state index is -4.53. The fourth-order valence-electron chi connectivity index (χ4n) is 1.69. The van der Waals surface area contributed by atoms with E-state index in [0.717, 1.165) is 11.3 Å². The van der Waals surface area contributed by atoms with E-state index >= 15 is 0 Å². The molecule has 0 unspecified atom stereocenters. The van der Waals surface area contributed by atoms with Gasteiger partial charge in [-0.15, -0.1) is 0 Å². The molecular formula is C13H14N5O3P. The van der Waals surface area contributed by atoms with E-state index in [4.69, 9.17) is 5.26 Å². The van der Waals surface area contributed by atoms with Gasteiger partial charge in [0.05, 0.1) is 37.3 Å². The van der Waals surface area contributed by atoms with Crippen LogP contribution in [0.2, 0.25) is 0 Å². The summed E-state index contributed by atoms with van der Waals surface area (Å²) in [6.45, 7) is 0.0240. The minimum Gasteiger partial charge on any atom is -0.345 e. The van der Waals surface area contributed by atoms with E-state index < -0.39 is 13.2 Å². The van der Waals surface area contributed by atoms with Gasteiger partial charge in [0.15, 0.2) is 0 Å². The Morgan fingerprint density at radius 2 is 2.14 bits per heavy atom. The van der Waals surface area contributed by atoms with Crippen molar-refractivity contribution in [3.05, 3.63) is 36.8 Å². The van der Waals surface area contributed by atoms with E-state index in [9.17, 15) is 14.4 Å². The lowest BCUT2D eigenvalue weighted by Gasteiger charge is -2.11. The molecule has 4 N–H and O–H groups in total. The first kappa shape index (κ1) is 15.9. The smallest absolute Gasteiger partial charge is 0.345 e. The SMILES string of the molecule is N#CCCN=C(Nc1ccc(-c2cnc[nH]2)cc1)P(=O)(O)O. The molecule has 0 saturated carbocycles. The van der Waals surface area contributed by atoms with Crippen LogP contribution in [-0.4, -0.2) is 31.9 Å². The molecule has 0 aliphatic carbocycles. The van der Waals surface area contributed by atoms with E-state index in [2.05, 4.69) is 20.3 Å². The van der Waals surface area contributed by atoms with Crippen LogP contribution in [0.1, 0.15) is 6.42 Å². The lowest BCUT2D eigenvalue weighted by atomic mass is 10.1. The number of H-pyrrole nitrogens is 1. The van der Waals surface area contributed by atoms with Crippen molar-refractivity contribution in [2.24, 2.45) is 4.99 Å². The lowest BCUT2D eigenvalue weighted by molar-refractivity contribution is 0.390. The third-order valence-corrected chi connectivity index (χ3v) is 3.52. The predicted molar refractivity (Wildman–Crippen MR) is 82.2 cm³/mol. The Hall–Kier alpha value is -2.46. The standard InChI is InChI=1S/C13H14N5O3P/c14-6-1-7-16-13(22(19,20)21)18-11-4-2-10(3-5-11)12-8-15-9-17-12/h2-5,8-9H,1,7H2,(H,15,17)(H,16,18)(H2,19,20,21). The number of nitrogens with zero attached hydrogens (tertiary/aromatic N) is 3. The molecule has 9 heteroatoms. The number of hydrogen-bond donors (Lipinski definition) is 4. The van der Waals surface area contributed by atoms with Crippen LogP contribution in [0.15, 0.2) is 41.8 Å². The molecule has 114 valence electrons. The van der Waals surface area contributed by atoms with Gasteiger partial charge in [0.25, 0.3) is 0 Å². The van der Waals surface area contributed by atoms with Crippen molar-refractivity contribution in [3.8, 4) is 17.3 Å². The predicted octanol–water partition coefficient (Wildman–Crippen LogP) is 1.94. The number of aliphatic imine (C=N–C) groups is 1. The molecule has 0 aliphatic rings. The van der Waals surface area contributed by atoms with E-state index in [1.165, 1.54) is 0 Å². The van der Waals surface area contributed by atoms with Crippen molar-refractivity contribution in [2.75, 3.05) is 11.9 Å². The Bertz CT molecular complexity index is 728. The minimum absolute atomic E-state index is 0.0240. The van der Waals surface area contributed by atoms with Crippen molar-refractivity contribution in [1.82, 2.24) is 9.97 Å². The Morgan fingerprint density at radius 1 is 1.41 bits per heavy atom. The van der Waals surface area contributed by atoms with Crippen molar-refractivity contribution >= 4 is 18.9 Å². The largest absolute Gasteiger partial charge is 0.390 e. The molecule has 0 atom stereocenters. The Morgan fingerprint density at radius 3 is 2.68 bits per heavy atom. The van der Waals surface area contributed by atoms with Gasteiger partial charge in [0.1, 0.15) is 0 Å². The van der Waals surface area contributed by atoms with E-state index in [1.54, 1.807) is 36.8 Å². The summed E-state index contributed by atoms with van der Waals surface area (Å²) in [7, 11) is -4.53. The molecular weight excluding hydrogens is 305 g/mol. The number of anilines is 1. The summed E-state index contributed by atoms with van der Waals surface area (Å²) in [5.41, 5.74) is 1.77. The summed E-state index contributed by atoms with van der Waals surface area (Å²) in [6.07, 6.45) is 3.33. The summed E-state index contributed by atoms with van der Waals surface area (Å²) in [4.78, 5) is 29.2. The van der Waals surface area contributed by atoms with Crippen LogP contribution < -0.4 is 5.32 Å². The third kappa shape index (κ3) is 4.27. The zero-order valence-electron chi connectivity index (χ0n) is 11.5. The molecule has 2 aromatic rings. The number of amidine groups is 1. The zero-order chi connectivity index (χ0) is 16.0. The van der Waals surface area contributed by atoms with Gasteiger partial charge in [-0.25, -0.2) is 4.98 Å². The third-order valence-electron chi connectivity index (χ3n) is 2.71. The quantitative estimate of drug-likeness (QED) is 0.288. The molecule has 0 fully saturated rings. The zero-order valence-corrected chi connectivity index (χ0v) is 12.4. The summed E-state index contributed by atoms with van der Waals surface area (Å²) < 4.78 is 11.4. The van der Waals surface area contributed by atoms with Gasteiger partial charge in [0.2, 0.25) is 5.58 Å². The molecule has 8 nitrogen and oxygen atoms in total. The second-order valence-electron chi connectivity index (χ2n) is 4.33. The van der Waals surface area contributed by atoms with Gasteiger partial charge >= 0.3 is 7.60 Å². The van der Waals surface area contributed by atoms with Crippen molar-refractivity contribution in [1.29, 1.82) is 5.26 Å². The highest BCUT2D eigenvalue weighted by atomic mass is 31.2. The van der Waals surface area contributed by atoms with Crippen LogP contribution in [-0.2, 0) is 4.57 Å². The van der Waals surface area contributed by atoms with E-state index in [-0.39, 0.29) is 13.0 Å². The lowest BCUT2D eigenvalue weighted by Crippen LogP contribution is -2.13. The Balaban J connectivity index is 2.15. The van der Waals surface area contributed by atoms with Crippen LogP contribution in [0.5, 0.6) is 0 Å². The molecule has 1 aromatic heterocycles. The summed E-state index contributed by atoms with van der Waals surface area (Å²) in [5, 5.41) is 11.1. The molecule has 0 bridgehead atoms. The molecule has 0 radical (unpaired) electrons. The number of aromatic amines is 1. The van der Waals surface area contributed by atoms with Crippen LogP contribution in [0, 0.1) is 11.3 Å². The molecule has 1 heterocycles. The topological polar surface area (TPSA) is 134 Å². The molecule has 22 heavy (non-hydrogen) atoms. The van der Waals surface area contributed by atoms with Gasteiger partial charge in [-0.1, -0.05) is 12.1 Å². The van der Waals surface area contributed by atoms with Crippen LogP contribution in [0.25, 0.3) is 11.3 Å². The first-order valence-corrected chi connectivity index (χ1v) is 7.95. The van der Waals surface area contributed by atoms with Crippen LogP contribution in [0.3, 0.4) is 0 Å². The van der Waals surface area contributed by atoms with Crippen molar-refractivity contribution < 1.29 is 14.4 Å². The molecule has 0 amide bonds. The molecule has 2 rings (SSSR count). The first-order valence-electron chi connectivity index (χ1n) is 6.34. The van der Waals surface area contributed by atoms with Crippen LogP contribution in [0.4, 0.5) is 5.69 Å². The molecule has 0 saturated heterocycles. The highest BCUT2D eigenvalue weighted by molar-refractivity contribution is 7.70. The summed E-state index contributed by atoms with van der Waals surface area (Å²) >= 11 is 0. The summed E-state index contributed by atoms with van der Waals surface area (Å²) in [6, 6.07) is 8.77. The highest BCUT2D eigenvalue weighted by Gasteiger charge is 2.23. The normalized spacial score (nSPS) is 12.0. The Labute approximate surface area is 126 Å². The fourth-order valence-corrected chi connectivity index (χ4v) is 2.25. The average Bonchev–Trinajstić information content (AvgIpc) is 3.00. The van der Waals surface area contributed by atoms with Gasteiger partial charge in [-0.05, 0) is 17.7 Å². The maximum atomic E-state index is 11.4. The summed E-state index contributed by atoms with van der Waals surface area (Å²) in [5.74, 6) is 0. The van der Waals surface area contributed by atoms with E-state index in [1.807, 2.05) is 6.07 Å². The number of benzene rings is 1. The fraction of sp³-hybridized carbons (Fsp3) is 0.154. The van der Waals surface area contributed by atoms with E-state index in [0.29, 0.717) is 5.69 Å². The first-order chi connectivity index (χ1) is 10.5. The maximum Gasteiger partial charge on any atom is 0.390 e. The molecule has 1 aromatic carbocycles. The monoisotopic (exact) mass is 319 g/mol. The second-order valence-corrected chi connectivity index (χ2v) is 5.84. The number of imidazole rings is 1. The number of nitriles is 1. The number of aromatic nitrogens is 2. The maximum absolute atomic E-state index is 11.4.